The monoisotopic (exact) mass is 712 g/mol. The highest BCUT2D eigenvalue weighted by atomic mass is 16.6. The Labute approximate surface area is 313 Å². The fourth-order valence-corrected chi connectivity index (χ4v) is 11.2. The molecule has 0 aromatic carbocycles. The largest absolute Gasteiger partial charge is 0.462 e. The first-order chi connectivity index (χ1) is 24.4. The van der Waals surface area contributed by atoms with Gasteiger partial charge in [-0.25, -0.2) is 0 Å². The lowest BCUT2D eigenvalue weighted by Crippen LogP contribution is -2.51. The third-order valence-electron chi connectivity index (χ3n) is 14.0. The van der Waals surface area contributed by atoms with E-state index in [2.05, 4.69) is 45.6 Å². The zero-order valence-corrected chi connectivity index (χ0v) is 34.2. The van der Waals surface area contributed by atoms with Crippen LogP contribution < -0.4 is 0 Å². The maximum atomic E-state index is 12.5. The molecule has 9 atom stereocenters. The molecule has 0 aliphatic heterocycles. The highest BCUT2D eigenvalue weighted by Crippen LogP contribution is 2.67. The molecule has 6 heteroatoms. The Morgan fingerprint density at radius 1 is 0.922 bits per heavy atom. The fraction of sp³-hybridized carbons (Fsp3) is 0.867. The molecule has 0 N–H and O–H groups in total. The van der Waals surface area contributed by atoms with Crippen molar-refractivity contribution in [3.05, 3.63) is 23.8 Å². The summed E-state index contributed by atoms with van der Waals surface area (Å²) in [5, 5.41) is 0. The molecule has 0 spiro atoms. The van der Waals surface area contributed by atoms with Gasteiger partial charge in [0.1, 0.15) is 12.7 Å². The van der Waals surface area contributed by atoms with Crippen LogP contribution in [0, 0.1) is 46.3 Å². The minimum atomic E-state index is -0.431. The Balaban J connectivity index is 1.21. The molecule has 292 valence electrons. The van der Waals surface area contributed by atoms with E-state index in [0.717, 1.165) is 80.8 Å². The fourth-order valence-electron chi connectivity index (χ4n) is 11.2. The molecule has 0 aromatic rings. The van der Waals surface area contributed by atoms with Crippen LogP contribution in [0.4, 0.5) is 0 Å². The maximum absolute atomic E-state index is 12.5. The van der Waals surface area contributed by atoms with Gasteiger partial charge in [0, 0.05) is 13.0 Å². The van der Waals surface area contributed by atoms with Gasteiger partial charge in [0.25, 0.3) is 0 Å². The van der Waals surface area contributed by atoms with Gasteiger partial charge in [0.05, 0.1) is 12.5 Å². The molecule has 0 aromatic heterocycles. The molecule has 0 bridgehead atoms. The summed E-state index contributed by atoms with van der Waals surface area (Å²) in [5.74, 6) is 4.71. The lowest BCUT2D eigenvalue weighted by Gasteiger charge is -2.58. The average molecular weight is 712 g/mol. The van der Waals surface area contributed by atoms with Crippen LogP contribution in [0.5, 0.6) is 0 Å². The number of nitrogens with zero attached hydrogens (tertiary/aromatic N) is 1. The summed E-state index contributed by atoms with van der Waals surface area (Å²) in [6.45, 7) is 16.4. The number of ether oxygens (including phenoxy) is 3. The van der Waals surface area contributed by atoms with E-state index in [1.807, 2.05) is 27.1 Å². The summed E-state index contributed by atoms with van der Waals surface area (Å²) in [7, 11) is 3.99. The lowest BCUT2D eigenvalue weighted by atomic mass is 9.47. The minimum absolute atomic E-state index is 0.114. The smallest absolute Gasteiger partial charge is 0.309 e. The van der Waals surface area contributed by atoms with Crippen LogP contribution in [0.3, 0.4) is 0 Å². The van der Waals surface area contributed by atoms with Crippen LogP contribution in [-0.4, -0.2) is 62.9 Å². The summed E-state index contributed by atoms with van der Waals surface area (Å²) in [6, 6.07) is 0. The van der Waals surface area contributed by atoms with Crippen molar-refractivity contribution in [2.24, 2.45) is 46.3 Å². The number of carbonyl (C=O) groups is 2. The molecule has 3 saturated carbocycles. The third kappa shape index (κ3) is 11.7. The molecule has 0 heterocycles. The van der Waals surface area contributed by atoms with Gasteiger partial charge in [-0.2, -0.15) is 0 Å². The van der Waals surface area contributed by atoms with E-state index in [0.29, 0.717) is 29.8 Å². The Morgan fingerprint density at radius 2 is 1.73 bits per heavy atom. The van der Waals surface area contributed by atoms with Crippen molar-refractivity contribution in [3.63, 3.8) is 0 Å². The van der Waals surface area contributed by atoms with Crippen molar-refractivity contribution in [2.45, 2.75) is 169 Å². The quantitative estimate of drug-likeness (QED) is 0.0671. The first-order valence-electron chi connectivity index (χ1n) is 21.3. The molecule has 0 radical (unpaired) electrons. The normalized spacial score (nSPS) is 31.6. The van der Waals surface area contributed by atoms with E-state index in [1.54, 1.807) is 11.6 Å². The maximum Gasteiger partial charge on any atom is 0.309 e. The van der Waals surface area contributed by atoms with Crippen molar-refractivity contribution in [3.8, 4) is 0 Å². The van der Waals surface area contributed by atoms with Crippen molar-refractivity contribution < 1.29 is 23.8 Å². The number of unbranched alkanes of at least 4 members (excludes halogenated alkanes) is 2. The van der Waals surface area contributed by atoms with Gasteiger partial charge < -0.3 is 19.1 Å². The number of carbonyl (C=O) groups excluding carboxylic acids is 2. The van der Waals surface area contributed by atoms with E-state index in [4.69, 9.17) is 14.2 Å². The van der Waals surface area contributed by atoms with Gasteiger partial charge in [-0.1, -0.05) is 84.1 Å². The van der Waals surface area contributed by atoms with Gasteiger partial charge in [-0.05, 0) is 151 Å². The molecule has 3 fully saturated rings. The highest BCUT2D eigenvalue weighted by molar-refractivity contribution is 5.72. The molecular formula is C45H77NO5. The van der Waals surface area contributed by atoms with E-state index in [9.17, 15) is 9.59 Å². The van der Waals surface area contributed by atoms with Crippen LogP contribution in [0.25, 0.3) is 0 Å². The standard InChI is InChI=1S/C45H77NO5/c1-9-10-29-50-43(48)32-37(51-42(47)19-15-28-46(7)8)18-12-11-13-30-49-36-24-26-44(5)35(31-36)20-21-38-40-23-22-39(34(4)17-14-16-33(2)3)45(40,6)27-25-41(38)44/h9-10,20,33-34,36-41H,11-19,21-32H2,1-8H3/b10-9+/t34-,36+,37?,38?,39-,40?,41?,44+,45-/m1/s1. The summed E-state index contributed by atoms with van der Waals surface area (Å²) in [6.07, 6.45) is 25.9. The molecule has 0 saturated heterocycles. The summed E-state index contributed by atoms with van der Waals surface area (Å²) in [5.41, 5.74) is 2.61. The Bertz CT molecular complexity index is 1150. The predicted molar refractivity (Wildman–Crippen MR) is 209 cm³/mol. The second-order valence-electron chi connectivity index (χ2n) is 18.3. The Morgan fingerprint density at radius 3 is 2.47 bits per heavy atom. The molecule has 0 amide bonds. The molecule has 4 aliphatic rings. The van der Waals surface area contributed by atoms with E-state index in [1.165, 1.54) is 64.2 Å². The van der Waals surface area contributed by atoms with Crippen LogP contribution in [0.2, 0.25) is 0 Å². The Kier molecular flexibility index (Phi) is 16.6. The van der Waals surface area contributed by atoms with Crippen LogP contribution >= 0.6 is 0 Å². The van der Waals surface area contributed by atoms with Crippen molar-refractivity contribution >= 4 is 11.9 Å². The first kappa shape index (κ1) is 42.1. The zero-order chi connectivity index (χ0) is 37.0. The number of hydrogen-bond donors (Lipinski definition) is 0. The van der Waals surface area contributed by atoms with Crippen molar-refractivity contribution in [1.82, 2.24) is 4.90 Å². The first-order valence-corrected chi connectivity index (χ1v) is 21.3. The molecule has 4 unspecified atom stereocenters. The predicted octanol–water partition coefficient (Wildman–Crippen LogP) is 10.7. The summed E-state index contributed by atoms with van der Waals surface area (Å²) >= 11 is 0. The van der Waals surface area contributed by atoms with Gasteiger partial charge in [0.15, 0.2) is 0 Å². The van der Waals surface area contributed by atoms with Gasteiger partial charge in [-0.3, -0.25) is 9.59 Å². The van der Waals surface area contributed by atoms with Crippen molar-refractivity contribution in [2.75, 3.05) is 33.9 Å². The Hall–Kier alpha value is -1.66. The number of hydrogen-bond acceptors (Lipinski definition) is 6. The van der Waals surface area contributed by atoms with E-state index >= 15 is 0 Å². The van der Waals surface area contributed by atoms with Crippen LogP contribution in [-0.2, 0) is 23.8 Å². The molecular weight excluding hydrogens is 634 g/mol. The topological polar surface area (TPSA) is 65.1 Å². The van der Waals surface area contributed by atoms with Gasteiger partial charge in [-0.15, -0.1) is 0 Å². The zero-order valence-electron chi connectivity index (χ0n) is 34.2. The van der Waals surface area contributed by atoms with Gasteiger partial charge in [0.2, 0.25) is 0 Å². The van der Waals surface area contributed by atoms with Crippen molar-refractivity contribution in [1.29, 1.82) is 0 Å². The number of allylic oxidation sites excluding steroid dienone is 2. The van der Waals surface area contributed by atoms with E-state index < -0.39 is 6.10 Å². The summed E-state index contributed by atoms with van der Waals surface area (Å²) < 4.78 is 17.6. The SMILES string of the molecule is C/C=C/COC(=O)CC(CCCCCO[C@H]1CC[C@@]2(C)C(=CCC3C2CC[C@@]2(C)C3CC[C@@H]2[C@H](C)CCCC(C)C)C1)OC(=O)CCCN(C)C. The molecule has 6 nitrogen and oxygen atoms in total. The molecule has 4 aliphatic carbocycles. The lowest BCUT2D eigenvalue weighted by molar-refractivity contribution is -0.155. The molecule has 4 rings (SSSR count). The van der Waals surface area contributed by atoms with Gasteiger partial charge >= 0.3 is 11.9 Å². The number of fused-ring (bicyclic) bond motifs is 5. The molecule has 51 heavy (non-hydrogen) atoms. The van der Waals surface area contributed by atoms with Crippen LogP contribution in [0.15, 0.2) is 23.8 Å². The third-order valence-corrected chi connectivity index (χ3v) is 14.0. The second-order valence-corrected chi connectivity index (χ2v) is 18.3. The summed E-state index contributed by atoms with van der Waals surface area (Å²) in [4.78, 5) is 27.0. The average Bonchev–Trinajstić information content (AvgIpc) is 3.43. The highest BCUT2D eigenvalue weighted by Gasteiger charge is 2.59. The second kappa shape index (κ2) is 20.1. The van der Waals surface area contributed by atoms with Crippen LogP contribution in [0.1, 0.15) is 157 Å². The minimum Gasteiger partial charge on any atom is -0.462 e. The number of rotatable bonds is 21. The van der Waals surface area contributed by atoms with E-state index in [-0.39, 0.29) is 25.0 Å². The number of esters is 2.